The summed E-state index contributed by atoms with van der Waals surface area (Å²) in [5.74, 6) is 0. The van der Waals surface area contributed by atoms with Gasteiger partial charge < -0.3 is 5.32 Å². The number of aromatic nitrogens is 1. The third-order valence-corrected chi connectivity index (χ3v) is 2.84. The van der Waals surface area contributed by atoms with Gasteiger partial charge in [0.15, 0.2) is 0 Å². The van der Waals surface area contributed by atoms with Gasteiger partial charge in [-0.1, -0.05) is 37.0 Å². The van der Waals surface area contributed by atoms with Crippen molar-refractivity contribution in [2.45, 2.75) is 32.7 Å². The first-order valence-corrected chi connectivity index (χ1v) is 5.96. The molecule has 1 rings (SSSR count). The van der Waals surface area contributed by atoms with Crippen molar-refractivity contribution in [3.05, 3.63) is 28.0 Å². The van der Waals surface area contributed by atoms with Gasteiger partial charge in [-0.3, -0.25) is 4.98 Å². The molecule has 0 saturated heterocycles. The van der Waals surface area contributed by atoms with Crippen molar-refractivity contribution >= 4 is 23.2 Å². The summed E-state index contributed by atoms with van der Waals surface area (Å²) in [6.45, 7) is 5.21. The molecule has 1 N–H and O–H groups in total. The minimum Gasteiger partial charge on any atom is -0.314 e. The quantitative estimate of drug-likeness (QED) is 0.863. The molecule has 0 aromatic carbocycles. The molecule has 0 fully saturated rings. The first-order chi connectivity index (χ1) is 7.17. The lowest BCUT2D eigenvalue weighted by atomic mass is 10.1. The van der Waals surface area contributed by atoms with E-state index in [0.29, 0.717) is 16.1 Å². The Hall–Kier alpha value is -0.310. The van der Waals surface area contributed by atoms with Crippen molar-refractivity contribution in [2.75, 3.05) is 6.54 Å². The van der Waals surface area contributed by atoms with E-state index in [2.05, 4.69) is 24.1 Å². The number of nitrogens with one attached hydrogen (secondary N) is 1. The van der Waals surface area contributed by atoms with Crippen LogP contribution in [0.15, 0.2) is 12.3 Å². The Balaban J connectivity index is 2.70. The van der Waals surface area contributed by atoms with Crippen LogP contribution in [0.1, 0.15) is 26.0 Å². The van der Waals surface area contributed by atoms with E-state index in [4.69, 9.17) is 23.2 Å². The van der Waals surface area contributed by atoms with E-state index in [0.717, 1.165) is 25.1 Å². The minimum atomic E-state index is 0.432. The molecule has 15 heavy (non-hydrogen) atoms. The van der Waals surface area contributed by atoms with Crippen molar-refractivity contribution in [1.82, 2.24) is 10.3 Å². The van der Waals surface area contributed by atoms with Crippen LogP contribution in [0.25, 0.3) is 0 Å². The third kappa shape index (κ3) is 3.98. The Morgan fingerprint density at radius 2 is 2.13 bits per heavy atom. The van der Waals surface area contributed by atoms with E-state index in [-0.39, 0.29) is 0 Å². The topological polar surface area (TPSA) is 24.9 Å². The van der Waals surface area contributed by atoms with Crippen molar-refractivity contribution in [3.8, 4) is 0 Å². The fourth-order valence-corrected chi connectivity index (χ4v) is 1.93. The molecule has 2 nitrogen and oxygen atoms in total. The SMILES string of the molecule is CCNC(CC)Cc1ncc(Cl)cc1Cl. The molecule has 1 atom stereocenters. The standard InChI is InChI=1S/C11H16Cl2N2/c1-3-9(14-4-2)6-11-10(13)5-8(12)7-15-11/h5,7,9,14H,3-4,6H2,1-2H3. The summed E-state index contributed by atoms with van der Waals surface area (Å²) in [6, 6.07) is 2.17. The zero-order valence-corrected chi connectivity index (χ0v) is 10.6. The smallest absolute Gasteiger partial charge is 0.0636 e. The summed E-state index contributed by atoms with van der Waals surface area (Å²) in [5, 5.41) is 4.63. The van der Waals surface area contributed by atoms with E-state index in [1.54, 1.807) is 12.3 Å². The van der Waals surface area contributed by atoms with Gasteiger partial charge in [0.2, 0.25) is 0 Å². The normalized spacial score (nSPS) is 12.8. The van der Waals surface area contributed by atoms with E-state index in [9.17, 15) is 0 Å². The number of hydrogen-bond donors (Lipinski definition) is 1. The monoisotopic (exact) mass is 246 g/mol. The molecular formula is C11H16Cl2N2. The lowest BCUT2D eigenvalue weighted by Crippen LogP contribution is -2.30. The van der Waals surface area contributed by atoms with Gasteiger partial charge in [-0.05, 0) is 19.0 Å². The molecule has 84 valence electrons. The van der Waals surface area contributed by atoms with Crippen LogP contribution in [0, 0.1) is 0 Å². The number of hydrogen-bond acceptors (Lipinski definition) is 2. The van der Waals surface area contributed by atoms with E-state index in [1.165, 1.54) is 0 Å². The van der Waals surface area contributed by atoms with E-state index >= 15 is 0 Å². The van der Waals surface area contributed by atoms with Crippen LogP contribution >= 0.6 is 23.2 Å². The molecule has 0 bridgehead atoms. The lowest BCUT2D eigenvalue weighted by Gasteiger charge is -2.15. The van der Waals surface area contributed by atoms with Crippen molar-refractivity contribution in [3.63, 3.8) is 0 Å². The highest BCUT2D eigenvalue weighted by Gasteiger charge is 2.10. The number of pyridine rings is 1. The summed E-state index contributed by atoms with van der Waals surface area (Å²) < 4.78 is 0. The van der Waals surface area contributed by atoms with Crippen molar-refractivity contribution in [2.24, 2.45) is 0 Å². The van der Waals surface area contributed by atoms with Crippen molar-refractivity contribution < 1.29 is 0 Å². The maximum atomic E-state index is 6.06. The molecule has 1 aromatic heterocycles. The third-order valence-electron chi connectivity index (χ3n) is 2.31. The number of nitrogens with zero attached hydrogens (tertiary/aromatic N) is 1. The molecule has 0 aliphatic heterocycles. The first-order valence-electron chi connectivity index (χ1n) is 5.20. The Labute approximate surface area is 101 Å². The van der Waals surface area contributed by atoms with Gasteiger partial charge in [-0.25, -0.2) is 0 Å². The van der Waals surface area contributed by atoms with Gasteiger partial charge in [-0.15, -0.1) is 0 Å². The highest BCUT2D eigenvalue weighted by Crippen LogP contribution is 2.19. The van der Waals surface area contributed by atoms with Crippen LogP contribution in [0.4, 0.5) is 0 Å². The van der Waals surface area contributed by atoms with E-state index in [1.807, 2.05) is 0 Å². The summed E-state index contributed by atoms with van der Waals surface area (Å²) >= 11 is 11.8. The van der Waals surface area contributed by atoms with Crippen LogP contribution in [0.3, 0.4) is 0 Å². The fourth-order valence-electron chi connectivity index (χ4n) is 1.48. The number of rotatable bonds is 5. The van der Waals surface area contributed by atoms with Gasteiger partial charge >= 0.3 is 0 Å². The molecule has 0 spiro atoms. The molecule has 1 unspecified atom stereocenters. The molecule has 0 radical (unpaired) electrons. The predicted octanol–water partition coefficient (Wildman–Crippen LogP) is 3.32. The van der Waals surface area contributed by atoms with Crippen LogP contribution in [0.2, 0.25) is 10.0 Å². The number of likely N-dealkylation sites (N-methyl/N-ethyl adjacent to an activating group) is 1. The van der Waals surface area contributed by atoms with Crippen LogP contribution in [-0.2, 0) is 6.42 Å². The Morgan fingerprint density at radius 1 is 1.40 bits per heavy atom. The predicted molar refractivity (Wildman–Crippen MR) is 65.7 cm³/mol. The first kappa shape index (κ1) is 12.8. The van der Waals surface area contributed by atoms with E-state index < -0.39 is 0 Å². The molecule has 0 aliphatic carbocycles. The minimum absolute atomic E-state index is 0.432. The average molecular weight is 247 g/mol. The zero-order valence-electron chi connectivity index (χ0n) is 9.06. The molecule has 0 aliphatic rings. The second-order valence-corrected chi connectivity index (χ2v) is 4.29. The van der Waals surface area contributed by atoms with Gasteiger partial charge in [0, 0.05) is 18.7 Å². The molecule has 1 aromatic rings. The van der Waals surface area contributed by atoms with Gasteiger partial charge in [-0.2, -0.15) is 0 Å². The Kier molecular flexibility index (Phi) is 5.37. The highest BCUT2D eigenvalue weighted by molar-refractivity contribution is 6.34. The van der Waals surface area contributed by atoms with Gasteiger partial charge in [0.1, 0.15) is 0 Å². The lowest BCUT2D eigenvalue weighted by molar-refractivity contribution is 0.505. The summed E-state index contributed by atoms with van der Waals surface area (Å²) in [6.07, 6.45) is 3.55. The molecule has 0 saturated carbocycles. The second-order valence-electron chi connectivity index (χ2n) is 3.45. The maximum absolute atomic E-state index is 6.06. The highest BCUT2D eigenvalue weighted by atomic mass is 35.5. The average Bonchev–Trinajstić information content (AvgIpc) is 2.21. The van der Waals surface area contributed by atoms with Crippen LogP contribution in [-0.4, -0.2) is 17.6 Å². The largest absolute Gasteiger partial charge is 0.314 e. The Bertz CT molecular complexity index is 315. The molecule has 1 heterocycles. The summed E-state index contributed by atoms with van der Waals surface area (Å²) in [7, 11) is 0. The van der Waals surface area contributed by atoms with Gasteiger partial charge in [0.25, 0.3) is 0 Å². The fraction of sp³-hybridized carbons (Fsp3) is 0.545. The Morgan fingerprint density at radius 3 is 2.67 bits per heavy atom. The number of halogens is 2. The second kappa shape index (κ2) is 6.31. The van der Waals surface area contributed by atoms with Crippen LogP contribution in [0.5, 0.6) is 0 Å². The molecule has 0 amide bonds. The van der Waals surface area contributed by atoms with Gasteiger partial charge in [0.05, 0.1) is 15.7 Å². The molecule has 4 heteroatoms. The van der Waals surface area contributed by atoms with Crippen LogP contribution < -0.4 is 5.32 Å². The molecular weight excluding hydrogens is 231 g/mol. The zero-order chi connectivity index (χ0) is 11.3. The van der Waals surface area contributed by atoms with Crippen molar-refractivity contribution in [1.29, 1.82) is 0 Å². The summed E-state index contributed by atoms with van der Waals surface area (Å²) in [5.41, 5.74) is 0.911. The maximum Gasteiger partial charge on any atom is 0.0636 e. The summed E-state index contributed by atoms with van der Waals surface area (Å²) in [4.78, 5) is 4.24.